The van der Waals surface area contributed by atoms with E-state index in [-0.39, 0.29) is 17.1 Å². The van der Waals surface area contributed by atoms with E-state index in [1.54, 1.807) is 6.21 Å². The molecule has 113 valence electrons. The van der Waals surface area contributed by atoms with E-state index >= 15 is 0 Å². The van der Waals surface area contributed by atoms with Crippen molar-refractivity contribution in [3.05, 3.63) is 29.6 Å². The number of nitrogens with one attached hydrogen (secondary N) is 1. The molecule has 1 aromatic heterocycles. The quantitative estimate of drug-likeness (QED) is 0.374. The summed E-state index contributed by atoms with van der Waals surface area (Å²) in [5.74, 6) is 0. The topological polar surface area (TPSA) is 40.5 Å². The molecule has 0 fully saturated rings. The third-order valence-electron chi connectivity index (χ3n) is 2.54. The summed E-state index contributed by atoms with van der Waals surface area (Å²) < 4.78 is 0. The molecule has 6 heteroatoms. The first-order valence-electron chi connectivity index (χ1n) is 6.69. The van der Waals surface area contributed by atoms with Crippen molar-refractivity contribution in [3.8, 4) is 0 Å². The van der Waals surface area contributed by atoms with Crippen LogP contribution < -0.4 is 5.43 Å². The molecular weight excluding hydrogens is 320 g/mol. The van der Waals surface area contributed by atoms with E-state index in [9.17, 15) is 0 Å². The maximum absolute atomic E-state index is 5.33. The minimum absolute atomic E-state index is 0. The number of aromatic nitrogens is 1. The van der Waals surface area contributed by atoms with Gasteiger partial charge >= 0.3 is 17.1 Å². The molecule has 1 rings (SSSR count). The predicted molar refractivity (Wildman–Crippen MR) is 84.5 cm³/mol. The third-order valence-corrected chi connectivity index (χ3v) is 2.89. The van der Waals surface area contributed by atoms with Gasteiger partial charge in [0.2, 0.25) is 0 Å². The van der Waals surface area contributed by atoms with Crippen LogP contribution in [0.4, 0.5) is 0 Å². The van der Waals surface area contributed by atoms with Crippen molar-refractivity contribution < 1.29 is 17.1 Å². The maximum atomic E-state index is 5.33. The van der Waals surface area contributed by atoms with E-state index < -0.39 is 0 Å². The van der Waals surface area contributed by atoms with E-state index in [1.807, 2.05) is 25.1 Å². The molecule has 1 aromatic rings. The maximum Gasteiger partial charge on any atom is 2.00 e. The Kier molecular flexibility index (Phi) is 10.3. The number of aryl methyl sites for hydroxylation is 1. The van der Waals surface area contributed by atoms with Crippen LogP contribution in [0.1, 0.15) is 38.1 Å². The van der Waals surface area contributed by atoms with Gasteiger partial charge in [0.05, 0.1) is 11.9 Å². The van der Waals surface area contributed by atoms with Gasteiger partial charge in [0.1, 0.15) is 0 Å². The summed E-state index contributed by atoms with van der Waals surface area (Å²) in [7, 11) is 0. The minimum Gasteiger partial charge on any atom is -0.348 e. The molecule has 0 bridgehead atoms. The number of hydrogen-bond donors (Lipinski definition) is 1. The van der Waals surface area contributed by atoms with Gasteiger partial charge in [0.25, 0.3) is 0 Å². The van der Waals surface area contributed by atoms with Gasteiger partial charge < -0.3 is 4.90 Å². The van der Waals surface area contributed by atoms with Crippen molar-refractivity contribution in [1.82, 2.24) is 15.3 Å². The van der Waals surface area contributed by atoms with Crippen molar-refractivity contribution in [3.63, 3.8) is 0 Å². The Balaban J connectivity index is 0.00000361. The zero-order valence-electron chi connectivity index (χ0n) is 12.2. The molecule has 1 radical (unpaired) electrons. The van der Waals surface area contributed by atoms with Crippen molar-refractivity contribution in [1.29, 1.82) is 0 Å². The molecular formula is C14H22CuN4S+2. The Morgan fingerprint density at radius 3 is 2.55 bits per heavy atom. The van der Waals surface area contributed by atoms with Crippen LogP contribution in [0.25, 0.3) is 0 Å². The molecule has 20 heavy (non-hydrogen) atoms. The average Bonchev–Trinajstić information content (AvgIpc) is 2.38. The molecule has 0 spiro atoms. The summed E-state index contributed by atoms with van der Waals surface area (Å²) in [5.41, 5.74) is 4.71. The number of pyridine rings is 1. The molecule has 1 heterocycles. The summed E-state index contributed by atoms with van der Waals surface area (Å²) in [6.07, 6.45) is 3.84. The first-order chi connectivity index (χ1) is 9.17. The fourth-order valence-corrected chi connectivity index (χ4v) is 1.95. The van der Waals surface area contributed by atoms with E-state index in [2.05, 4.69) is 34.3 Å². The van der Waals surface area contributed by atoms with E-state index in [4.69, 9.17) is 12.2 Å². The molecule has 0 saturated carbocycles. The SMILES string of the molecule is CCCN(CCC)C(=S)NN=Cc1cccc(C)n1.[Cu+2]. The molecule has 1 N–H and O–H groups in total. The largest absolute Gasteiger partial charge is 2.00 e. The summed E-state index contributed by atoms with van der Waals surface area (Å²) in [6, 6.07) is 5.83. The first kappa shape index (κ1) is 19.0. The van der Waals surface area contributed by atoms with Crippen LogP contribution in [0.5, 0.6) is 0 Å². The summed E-state index contributed by atoms with van der Waals surface area (Å²) in [6.45, 7) is 8.16. The van der Waals surface area contributed by atoms with Crippen LogP contribution in [0, 0.1) is 6.92 Å². The zero-order valence-corrected chi connectivity index (χ0v) is 13.9. The van der Waals surface area contributed by atoms with Crippen LogP contribution in [-0.4, -0.2) is 34.3 Å². The number of hydrazone groups is 1. The van der Waals surface area contributed by atoms with E-state index in [1.165, 1.54) is 0 Å². The fraction of sp³-hybridized carbons (Fsp3) is 0.500. The normalized spacial score (nSPS) is 10.2. The average molecular weight is 342 g/mol. The van der Waals surface area contributed by atoms with Gasteiger partial charge in [-0.05, 0) is 44.1 Å². The van der Waals surface area contributed by atoms with E-state index in [0.29, 0.717) is 5.11 Å². The van der Waals surface area contributed by atoms with Gasteiger partial charge in [0.15, 0.2) is 5.11 Å². The van der Waals surface area contributed by atoms with Crippen molar-refractivity contribution in [2.24, 2.45) is 5.10 Å². The van der Waals surface area contributed by atoms with E-state index in [0.717, 1.165) is 37.3 Å². The Morgan fingerprint density at radius 2 is 2.00 bits per heavy atom. The summed E-state index contributed by atoms with van der Waals surface area (Å²) in [5, 5.41) is 4.82. The van der Waals surface area contributed by atoms with Gasteiger partial charge in [-0.25, -0.2) is 0 Å². The van der Waals surface area contributed by atoms with Crippen LogP contribution in [0.2, 0.25) is 0 Å². The Bertz CT molecular complexity index is 431. The standard InChI is InChI=1S/C14H22N4S.Cu/c1-4-9-18(10-5-2)14(19)17-15-11-13-8-6-7-12(3)16-13;/h6-8,11H,4-5,9-10H2,1-3H3,(H,17,19);/q;+2. The number of thiocarbonyl (C=S) groups is 1. The van der Waals surface area contributed by atoms with Gasteiger partial charge in [-0.15, -0.1) is 0 Å². The molecule has 0 atom stereocenters. The third kappa shape index (κ3) is 6.98. The zero-order chi connectivity index (χ0) is 14.1. The van der Waals surface area contributed by atoms with Crippen LogP contribution in [-0.2, 0) is 17.1 Å². The Hall–Kier alpha value is -0.971. The van der Waals surface area contributed by atoms with Gasteiger partial charge in [-0.2, -0.15) is 5.10 Å². The smallest absolute Gasteiger partial charge is 0.348 e. The van der Waals surface area contributed by atoms with Crippen molar-refractivity contribution in [2.45, 2.75) is 33.6 Å². The predicted octanol–water partition coefficient (Wildman–Crippen LogP) is 2.72. The Labute approximate surface area is 137 Å². The summed E-state index contributed by atoms with van der Waals surface area (Å²) in [4.78, 5) is 6.48. The van der Waals surface area contributed by atoms with Crippen LogP contribution >= 0.6 is 12.2 Å². The van der Waals surface area contributed by atoms with Crippen molar-refractivity contribution >= 4 is 23.5 Å². The Morgan fingerprint density at radius 1 is 1.35 bits per heavy atom. The molecule has 0 aliphatic rings. The molecule has 0 unspecified atom stereocenters. The second-order valence-electron chi connectivity index (χ2n) is 4.37. The number of hydrogen-bond acceptors (Lipinski definition) is 3. The molecule has 0 aliphatic heterocycles. The van der Waals surface area contributed by atoms with Crippen LogP contribution in [0.3, 0.4) is 0 Å². The van der Waals surface area contributed by atoms with Crippen LogP contribution in [0.15, 0.2) is 23.3 Å². The first-order valence-corrected chi connectivity index (χ1v) is 7.09. The van der Waals surface area contributed by atoms with Gasteiger partial charge in [-0.3, -0.25) is 10.4 Å². The number of nitrogens with zero attached hydrogens (tertiary/aromatic N) is 3. The number of rotatable bonds is 6. The second kappa shape index (κ2) is 10.8. The summed E-state index contributed by atoms with van der Waals surface area (Å²) >= 11 is 5.33. The molecule has 4 nitrogen and oxygen atoms in total. The fourth-order valence-electron chi connectivity index (χ4n) is 1.72. The van der Waals surface area contributed by atoms with Crippen molar-refractivity contribution in [2.75, 3.05) is 13.1 Å². The molecule has 0 aromatic carbocycles. The molecule has 0 aliphatic carbocycles. The molecule has 0 saturated heterocycles. The second-order valence-corrected chi connectivity index (χ2v) is 4.75. The minimum atomic E-state index is 0. The van der Waals surface area contributed by atoms with Gasteiger partial charge in [-0.1, -0.05) is 19.9 Å². The van der Waals surface area contributed by atoms with Gasteiger partial charge in [0, 0.05) is 18.8 Å². The monoisotopic (exact) mass is 341 g/mol. The molecule has 0 amide bonds.